The second-order valence-electron chi connectivity index (χ2n) is 8.24. The van der Waals surface area contributed by atoms with Crippen LogP contribution in [0.15, 0.2) is 60.7 Å². The van der Waals surface area contributed by atoms with Crippen molar-refractivity contribution in [2.45, 2.75) is 56.1 Å². The average molecular weight is 412 g/mol. The van der Waals surface area contributed by atoms with E-state index < -0.39 is 28.6 Å². The number of benzene rings is 2. The molecule has 1 aliphatic carbocycles. The van der Waals surface area contributed by atoms with Gasteiger partial charge in [-0.25, -0.2) is 9.59 Å². The number of hydrogen-bond donors (Lipinski definition) is 3. The normalized spacial score (nSPS) is 28.5. The highest BCUT2D eigenvalue weighted by Gasteiger charge is 2.63. The Labute approximate surface area is 176 Å². The van der Waals surface area contributed by atoms with Crippen LogP contribution in [0.5, 0.6) is 0 Å². The number of carbonyl (C=O) groups is 2. The standard InChI is InChI=1S/C23H28N2O5/c1-21(28)12-13-22(24,19(26)29-14-17-8-4-2-5-9-17)23(25,16-21)20(27)30-15-18-10-6-3-7-11-18/h2-11,28H,12-16,24-25H2,1H3. The van der Waals surface area contributed by atoms with Crippen LogP contribution in [-0.2, 0) is 32.3 Å². The SMILES string of the molecule is CC1(O)CCC(N)(C(=O)OCc2ccccc2)C(N)(C(=O)OCc2ccccc2)C1. The molecule has 3 atom stereocenters. The molecular formula is C23H28N2O5. The van der Waals surface area contributed by atoms with Crippen LogP contribution in [-0.4, -0.2) is 33.7 Å². The Morgan fingerprint density at radius 2 is 1.27 bits per heavy atom. The first kappa shape index (κ1) is 22.0. The van der Waals surface area contributed by atoms with E-state index in [2.05, 4.69) is 0 Å². The Morgan fingerprint density at radius 1 is 0.833 bits per heavy atom. The summed E-state index contributed by atoms with van der Waals surface area (Å²) >= 11 is 0. The smallest absolute Gasteiger partial charge is 0.329 e. The van der Waals surface area contributed by atoms with Crippen LogP contribution in [0.2, 0.25) is 0 Å². The number of hydrogen-bond acceptors (Lipinski definition) is 7. The molecule has 0 saturated heterocycles. The van der Waals surface area contributed by atoms with Gasteiger partial charge in [-0.15, -0.1) is 0 Å². The molecule has 7 heteroatoms. The monoisotopic (exact) mass is 412 g/mol. The second kappa shape index (κ2) is 8.55. The van der Waals surface area contributed by atoms with Gasteiger partial charge in [0, 0.05) is 6.42 Å². The topological polar surface area (TPSA) is 125 Å². The van der Waals surface area contributed by atoms with Crippen molar-refractivity contribution >= 4 is 11.9 Å². The minimum Gasteiger partial charge on any atom is -0.459 e. The predicted molar refractivity (Wildman–Crippen MR) is 111 cm³/mol. The molecule has 0 spiro atoms. The van der Waals surface area contributed by atoms with Gasteiger partial charge in [-0.05, 0) is 30.9 Å². The number of ether oxygens (including phenoxy) is 2. The van der Waals surface area contributed by atoms with Gasteiger partial charge in [0.05, 0.1) is 5.60 Å². The lowest BCUT2D eigenvalue weighted by molar-refractivity contribution is -0.175. The van der Waals surface area contributed by atoms with Crippen molar-refractivity contribution in [3.63, 3.8) is 0 Å². The number of rotatable bonds is 6. The minimum atomic E-state index is -1.93. The summed E-state index contributed by atoms with van der Waals surface area (Å²) in [6, 6.07) is 18.2. The third-order valence-electron chi connectivity index (χ3n) is 5.67. The second-order valence-corrected chi connectivity index (χ2v) is 8.24. The Bertz CT molecular complexity index is 887. The highest BCUT2D eigenvalue weighted by molar-refractivity contribution is 5.95. The molecule has 3 rings (SSSR count). The Hall–Kier alpha value is -2.74. The lowest BCUT2D eigenvalue weighted by atomic mass is 9.63. The van der Waals surface area contributed by atoms with E-state index in [0.717, 1.165) is 11.1 Å². The van der Waals surface area contributed by atoms with Crippen LogP contribution < -0.4 is 11.5 Å². The maximum Gasteiger partial charge on any atom is 0.329 e. The van der Waals surface area contributed by atoms with E-state index in [4.69, 9.17) is 20.9 Å². The van der Waals surface area contributed by atoms with Crippen LogP contribution in [0, 0.1) is 0 Å². The van der Waals surface area contributed by atoms with E-state index in [-0.39, 0.29) is 32.5 Å². The highest BCUT2D eigenvalue weighted by Crippen LogP contribution is 2.41. The molecule has 7 nitrogen and oxygen atoms in total. The predicted octanol–water partition coefficient (Wildman–Crippen LogP) is 1.80. The third-order valence-corrected chi connectivity index (χ3v) is 5.67. The van der Waals surface area contributed by atoms with Crippen LogP contribution in [0.4, 0.5) is 0 Å². The van der Waals surface area contributed by atoms with Crippen molar-refractivity contribution in [1.29, 1.82) is 0 Å². The molecule has 30 heavy (non-hydrogen) atoms. The molecule has 0 radical (unpaired) electrons. The van der Waals surface area contributed by atoms with Crippen LogP contribution in [0.1, 0.15) is 37.3 Å². The van der Waals surface area contributed by atoms with E-state index in [0.29, 0.717) is 0 Å². The molecule has 2 aromatic rings. The van der Waals surface area contributed by atoms with Crippen LogP contribution >= 0.6 is 0 Å². The molecule has 0 heterocycles. The van der Waals surface area contributed by atoms with E-state index in [1.54, 1.807) is 19.1 Å². The van der Waals surface area contributed by atoms with Crippen molar-refractivity contribution in [3.8, 4) is 0 Å². The molecule has 0 aliphatic heterocycles. The summed E-state index contributed by atoms with van der Waals surface area (Å²) in [6.45, 7) is 1.55. The van der Waals surface area contributed by atoms with E-state index in [1.807, 2.05) is 48.5 Å². The maximum absolute atomic E-state index is 13.0. The van der Waals surface area contributed by atoms with Gasteiger partial charge in [-0.3, -0.25) is 0 Å². The molecule has 2 aromatic carbocycles. The first-order chi connectivity index (χ1) is 14.2. The lowest BCUT2D eigenvalue weighted by Gasteiger charge is -2.49. The molecule has 0 amide bonds. The van der Waals surface area contributed by atoms with Crippen molar-refractivity contribution in [1.82, 2.24) is 0 Å². The van der Waals surface area contributed by atoms with Gasteiger partial charge in [0.25, 0.3) is 0 Å². The molecule has 5 N–H and O–H groups in total. The van der Waals surface area contributed by atoms with Crippen molar-refractivity contribution < 1.29 is 24.2 Å². The number of carbonyl (C=O) groups excluding carboxylic acids is 2. The fraction of sp³-hybridized carbons (Fsp3) is 0.391. The molecule has 3 unspecified atom stereocenters. The summed E-state index contributed by atoms with van der Waals surface area (Å²) in [4.78, 5) is 26.0. The molecule has 1 aliphatic rings. The summed E-state index contributed by atoms with van der Waals surface area (Å²) in [5, 5.41) is 10.6. The molecular weight excluding hydrogens is 384 g/mol. The summed E-state index contributed by atoms with van der Waals surface area (Å²) in [7, 11) is 0. The molecule has 1 fully saturated rings. The van der Waals surface area contributed by atoms with Gasteiger partial charge in [-0.1, -0.05) is 60.7 Å². The molecule has 1 saturated carbocycles. The number of esters is 2. The van der Waals surface area contributed by atoms with Crippen molar-refractivity contribution in [2.75, 3.05) is 0 Å². The lowest BCUT2D eigenvalue weighted by Crippen LogP contribution is -2.78. The largest absolute Gasteiger partial charge is 0.459 e. The first-order valence-corrected chi connectivity index (χ1v) is 9.89. The molecule has 160 valence electrons. The molecule has 0 aromatic heterocycles. The Balaban J connectivity index is 1.79. The highest BCUT2D eigenvalue weighted by atomic mass is 16.5. The third kappa shape index (κ3) is 4.53. The zero-order chi connectivity index (χ0) is 21.8. The van der Waals surface area contributed by atoms with E-state index in [9.17, 15) is 14.7 Å². The summed E-state index contributed by atoms with van der Waals surface area (Å²) in [5.74, 6) is -1.63. The van der Waals surface area contributed by atoms with Gasteiger partial charge < -0.3 is 26.0 Å². The zero-order valence-corrected chi connectivity index (χ0v) is 17.0. The Morgan fingerprint density at radius 3 is 1.73 bits per heavy atom. The molecule has 0 bridgehead atoms. The summed E-state index contributed by atoms with van der Waals surface area (Å²) in [5.41, 5.74) is 9.39. The van der Waals surface area contributed by atoms with Gasteiger partial charge in [0.2, 0.25) is 0 Å². The van der Waals surface area contributed by atoms with Crippen LogP contribution in [0.3, 0.4) is 0 Å². The van der Waals surface area contributed by atoms with Crippen molar-refractivity contribution in [2.24, 2.45) is 11.5 Å². The minimum absolute atomic E-state index is 0.00413. The van der Waals surface area contributed by atoms with Gasteiger partial charge in [0.15, 0.2) is 0 Å². The van der Waals surface area contributed by atoms with Gasteiger partial charge >= 0.3 is 11.9 Å². The van der Waals surface area contributed by atoms with Crippen molar-refractivity contribution in [3.05, 3.63) is 71.8 Å². The van der Waals surface area contributed by atoms with Gasteiger partial charge in [0.1, 0.15) is 24.3 Å². The maximum atomic E-state index is 13.0. The summed E-state index contributed by atoms with van der Waals surface area (Å²) in [6.07, 6.45) is -0.0238. The van der Waals surface area contributed by atoms with E-state index >= 15 is 0 Å². The Kier molecular flexibility index (Phi) is 6.26. The number of nitrogens with two attached hydrogens (primary N) is 2. The first-order valence-electron chi connectivity index (χ1n) is 9.89. The number of aliphatic hydroxyl groups is 1. The fourth-order valence-electron chi connectivity index (χ4n) is 3.78. The van der Waals surface area contributed by atoms with E-state index in [1.165, 1.54) is 0 Å². The van der Waals surface area contributed by atoms with Gasteiger partial charge in [-0.2, -0.15) is 0 Å². The van der Waals surface area contributed by atoms with Crippen LogP contribution in [0.25, 0.3) is 0 Å². The quantitative estimate of drug-likeness (QED) is 0.618. The fourth-order valence-corrected chi connectivity index (χ4v) is 3.78. The average Bonchev–Trinajstić information content (AvgIpc) is 2.74. The summed E-state index contributed by atoms with van der Waals surface area (Å²) < 4.78 is 10.8. The zero-order valence-electron chi connectivity index (χ0n) is 17.0.